The van der Waals surface area contributed by atoms with Gasteiger partial charge in [0.15, 0.2) is 6.61 Å². The fraction of sp³-hybridized carbons (Fsp3) is 0.381. The van der Waals surface area contributed by atoms with Gasteiger partial charge in [-0.1, -0.05) is 42.5 Å². The summed E-state index contributed by atoms with van der Waals surface area (Å²) in [6.07, 6.45) is 0. The maximum Gasteiger partial charge on any atom is 0.258 e. The zero-order chi connectivity index (χ0) is 18.2. The molecule has 26 heavy (non-hydrogen) atoms. The van der Waals surface area contributed by atoms with Crippen LogP contribution in [0.1, 0.15) is 17.2 Å². The van der Waals surface area contributed by atoms with Crippen molar-refractivity contribution < 1.29 is 14.3 Å². The van der Waals surface area contributed by atoms with Gasteiger partial charge in [0.2, 0.25) is 0 Å². The van der Waals surface area contributed by atoms with Crippen molar-refractivity contribution in [2.75, 3.05) is 39.5 Å². The van der Waals surface area contributed by atoms with Crippen LogP contribution in [0, 0.1) is 6.92 Å². The number of morpholine rings is 1. The smallest absolute Gasteiger partial charge is 0.258 e. The van der Waals surface area contributed by atoms with Crippen molar-refractivity contribution in [3.63, 3.8) is 0 Å². The third kappa shape index (κ3) is 5.31. The number of carbonyl (C=O) groups is 1. The normalized spacial score (nSPS) is 16.0. The van der Waals surface area contributed by atoms with E-state index in [1.165, 1.54) is 5.56 Å². The van der Waals surface area contributed by atoms with Crippen molar-refractivity contribution in [3.8, 4) is 5.75 Å². The summed E-state index contributed by atoms with van der Waals surface area (Å²) in [5, 5.41) is 3.02. The second-order valence-electron chi connectivity index (χ2n) is 6.48. The van der Waals surface area contributed by atoms with Crippen LogP contribution >= 0.6 is 0 Å². The first-order chi connectivity index (χ1) is 12.7. The molecule has 0 aromatic heterocycles. The molecular formula is C21H26N2O3. The molecule has 0 bridgehead atoms. The molecule has 5 nitrogen and oxygen atoms in total. The fourth-order valence-electron chi connectivity index (χ4n) is 3.14. The Morgan fingerprint density at radius 3 is 2.65 bits per heavy atom. The number of ether oxygens (including phenoxy) is 2. The van der Waals surface area contributed by atoms with Gasteiger partial charge in [-0.3, -0.25) is 9.69 Å². The average molecular weight is 354 g/mol. The predicted molar refractivity (Wildman–Crippen MR) is 101 cm³/mol. The summed E-state index contributed by atoms with van der Waals surface area (Å²) in [4.78, 5) is 14.6. The molecule has 3 rings (SSSR count). The summed E-state index contributed by atoms with van der Waals surface area (Å²) < 4.78 is 11.0. The van der Waals surface area contributed by atoms with E-state index < -0.39 is 0 Å². The number of amides is 1. The van der Waals surface area contributed by atoms with E-state index in [0.29, 0.717) is 12.3 Å². The van der Waals surface area contributed by atoms with E-state index in [4.69, 9.17) is 9.47 Å². The second-order valence-corrected chi connectivity index (χ2v) is 6.48. The monoisotopic (exact) mass is 354 g/mol. The van der Waals surface area contributed by atoms with E-state index in [2.05, 4.69) is 22.3 Å². The third-order valence-electron chi connectivity index (χ3n) is 4.52. The van der Waals surface area contributed by atoms with Crippen LogP contribution in [-0.2, 0) is 9.53 Å². The van der Waals surface area contributed by atoms with Gasteiger partial charge in [-0.25, -0.2) is 0 Å². The highest BCUT2D eigenvalue weighted by Crippen LogP contribution is 2.21. The molecule has 0 radical (unpaired) electrons. The molecule has 0 unspecified atom stereocenters. The highest BCUT2D eigenvalue weighted by atomic mass is 16.5. The lowest BCUT2D eigenvalue weighted by molar-refractivity contribution is -0.123. The zero-order valence-electron chi connectivity index (χ0n) is 15.2. The first kappa shape index (κ1) is 18.4. The maximum absolute atomic E-state index is 12.2. The Balaban J connectivity index is 1.55. The zero-order valence-corrected chi connectivity index (χ0v) is 15.2. The first-order valence-electron chi connectivity index (χ1n) is 9.05. The molecule has 2 aromatic rings. The number of nitrogens with one attached hydrogen (secondary N) is 1. The molecule has 1 aliphatic heterocycles. The van der Waals surface area contributed by atoms with Crippen LogP contribution in [0.15, 0.2) is 54.6 Å². The molecule has 5 heteroatoms. The molecule has 1 heterocycles. The number of rotatable bonds is 7. The summed E-state index contributed by atoms with van der Waals surface area (Å²) in [6.45, 7) is 5.78. The van der Waals surface area contributed by atoms with E-state index in [1.807, 2.05) is 49.4 Å². The number of hydrogen-bond donors (Lipinski definition) is 1. The first-order valence-corrected chi connectivity index (χ1v) is 9.05. The fourth-order valence-corrected chi connectivity index (χ4v) is 3.14. The molecule has 0 saturated carbocycles. The van der Waals surface area contributed by atoms with Gasteiger partial charge in [0.05, 0.1) is 19.3 Å². The van der Waals surface area contributed by atoms with Crippen LogP contribution in [0.5, 0.6) is 5.75 Å². The predicted octanol–water partition coefficient (Wildman–Crippen LogP) is 2.56. The van der Waals surface area contributed by atoms with E-state index in [-0.39, 0.29) is 18.6 Å². The molecule has 0 aliphatic carbocycles. The Morgan fingerprint density at radius 2 is 1.92 bits per heavy atom. The Bertz CT molecular complexity index is 699. The van der Waals surface area contributed by atoms with Gasteiger partial charge < -0.3 is 14.8 Å². The third-order valence-corrected chi connectivity index (χ3v) is 4.52. The average Bonchev–Trinajstić information content (AvgIpc) is 2.68. The highest BCUT2D eigenvalue weighted by Gasteiger charge is 2.23. The number of benzene rings is 2. The minimum atomic E-state index is -0.110. The summed E-state index contributed by atoms with van der Waals surface area (Å²) in [6, 6.07) is 18.1. The summed E-state index contributed by atoms with van der Waals surface area (Å²) in [7, 11) is 0. The number of carbonyl (C=O) groups excluding carboxylic acids is 1. The van der Waals surface area contributed by atoms with Crippen molar-refractivity contribution in [1.82, 2.24) is 10.2 Å². The van der Waals surface area contributed by atoms with Crippen molar-refractivity contribution in [1.29, 1.82) is 0 Å². The molecule has 138 valence electrons. The van der Waals surface area contributed by atoms with E-state index in [0.717, 1.165) is 31.9 Å². The van der Waals surface area contributed by atoms with Gasteiger partial charge in [0.1, 0.15) is 5.75 Å². The van der Waals surface area contributed by atoms with E-state index in [9.17, 15) is 4.79 Å². The van der Waals surface area contributed by atoms with Gasteiger partial charge >= 0.3 is 0 Å². The van der Waals surface area contributed by atoms with Crippen LogP contribution in [0.25, 0.3) is 0 Å². The molecule has 1 N–H and O–H groups in total. The lowest BCUT2D eigenvalue weighted by Crippen LogP contribution is -2.44. The Labute approximate surface area is 154 Å². The molecule has 1 amide bonds. The standard InChI is InChI=1S/C21H26N2O3/c1-17-6-5-9-19(14-17)26-16-21(24)22-15-20(18-7-3-2-4-8-18)23-10-12-25-13-11-23/h2-9,14,20H,10-13,15-16H2,1H3,(H,22,24)/t20-/m0/s1. The number of hydrogen-bond acceptors (Lipinski definition) is 4. The Morgan fingerprint density at radius 1 is 1.15 bits per heavy atom. The van der Waals surface area contributed by atoms with Crippen LogP contribution in [0.3, 0.4) is 0 Å². The molecule has 0 spiro atoms. The highest BCUT2D eigenvalue weighted by molar-refractivity contribution is 5.77. The van der Waals surface area contributed by atoms with E-state index >= 15 is 0 Å². The van der Waals surface area contributed by atoms with Crippen LogP contribution in [-0.4, -0.2) is 50.3 Å². The van der Waals surface area contributed by atoms with Gasteiger partial charge in [0.25, 0.3) is 5.91 Å². The van der Waals surface area contributed by atoms with Crippen molar-refractivity contribution in [2.24, 2.45) is 0 Å². The lowest BCUT2D eigenvalue weighted by Gasteiger charge is -2.34. The second kappa shape index (κ2) is 9.36. The molecule has 1 aliphatic rings. The molecule has 1 saturated heterocycles. The minimum Gasteiger partial charge on any atom is -0.484 e. The minimum absolute atomic E-state index is 0.0219. The molecule has 1 atom stereocenters. The van der Waals surface area contributed by atoms with Crippen molar-refractivity contribution in [2.45, 2.75) is 13.0 Å². The molecule has 1 fully saturated rings. The van der Waals surface area contributed by atoms with Crippen LogP contribution in [0.2, 0.25) is 0 Å². The SMILES string of the molecule is Cc1cccc(OCC(=O)NC[C@@H](c2ccccc2)N2CCOCC2)c1. The van der Waals surface area contributed by atoms with Gasteiger partial charge in [-0.05, 0) is 30.2 Å². The van der Waals surface area contributed by atoms with Crippen LogP contribution < -0.4 is 10.1 Å². The van der Waals surface area contributed by atoms with Gasteiger partial charge in [0, 0.05) is 19.6 Å². The Kier molecular flexibility index (Phi) is 6.63. The lowest BCUT2D eigenvalue weighted by atomic mass is 10.0. The molecule has 2 aromatic carbocycles. The quantitative estimate of drug-likeness (QED) is 0.830. The Hall–Kier alpha value is -2.37. The van der Waals surface area contributed by atoms with Gasteiger partial charge in [-0.2, -0.15) is 0 Å². The largest absolute Gasteiger partial charge is 0.484 e. The van der Waals surface area contributed by atoms with Crippen molar-refractivity contribution >= 4 is 5.91 Å². The summed E-state index contributed by atoms with van der Waals surface area (Å²) in [5.74, 6) is 0.605. The summed E-state index contributed by atoms with van der Waals surface area (Å²) in [5.41, 5.74) is 2.31. The molecular weight excluding hydrogens is 328 g/mol. The van der Waals surface area contributed by atoms with Crippen LogP contribution in [0.4, 0.5) is 0 Å². The van der Waals surface area contributed by atoms with E-state index in [1.54, 1.807) is 0 Å². The number of aryl methyl sites for hydroxylation is 1. The number of nitrogens with zero attached hydrogens (tertiary/aromatic N) is 1. The van der Waals surface area contributed by atoms with Gasteiger partial charge in [-0.15, -0.1) is 0 Å². The maximum atomic E-state index is 12.2. The summed E-state index contributed by atoms with van der Waals surface area (Å²) >= 11 is 0. The van der Waals surface area contributed by atoms with Crippen molar-refractivity contribution in [3.05, 3.63) is 65.7 Å². The topological polar surface area (TPSA) is 50.8 Å².